The monoisotopic (exact) mass is 405 g/mol. The molecule has 6 nitrogen and oxygen atoms in total. The third kappa shape index (κ3) is 3.33. The van der Waals surface area contributed by atoms with Gasteiger partial charge in [-0.15, -0.1) is 11.3 Å². The molecule has 0 aliphatic carbocycles. The highest BCUT2D eigenvalue weighted by molar-refractivity contribution is 7.13. The van der Waals surface area contributed by atoms with Gasteiger partial charge in [0.2, 0.25) is 5.91 Å². The smallest absolute Gasteiger partial charge is 0.341 e. The summed E-state index contributed by atoms with van der Waals surface area (Å²) in [7, 11) is 0. The Bertz CT molecular complexity index is 1070. The SMILES string of the molecule is N#CCC(=O)N1CCC(c2cc3nc(-c4cccs4)cc(C(F)(F)F)n3n2)C1. The molecule has 144 valence electrons. The van der Waals surface area contributed by atoms with Crippen LogP contribution in [0.5, 0.6) is 0 Å². The zero-order valence-corrected chi connectivity index (χ0v) is 15.3. The molecule has 4 heterocycles. The lowest BCUT2D eigenvalue weighted by Gasteiger charge is -2.13. The molecule has 0 spiro atoms. The van der Waals surface area contributed by atoms with Crippen LogP contribution in [-0.4, -0.2) is 38.5 Å². The predicted molar refractivity (Wildman–Crippen MR) is 95.5 cm³/mol. The van der Waals surface area contributed by atoms with E-state index in [-0.39, 0.29) is 29.6 Å². The quantitative estimate of drug-likeness (QED) is 0.666. The molecule has 1 unspecified atom stereocenters. The second kappa shape index (κ2) is 6.91. The predicted octanol–water partition coefficient (Wildman–Crippen LogP) is 3.71. The molecule has 3 aromatic rings. The zero-order chi connectivity index (χ0) is 19.9. The summed E-state index contributed by atoms with van der Waals surface area (Å²) in [5.41, 5.74) is -0.0512. The first kappa shape index (κ1) is 18.4. The highest BCUT2D eigenvalue weighted by Crippen LogP contribution is 2.35. The largest absolute Gasteiger partial charge is 0.433 e. The van der Waals surface area contributed by atoms with Crippen molar-refractivity contribution in [1.82, 2.24) is 19.5 Å². The molecule has 10 heteroatoms. The van der Waals surface area contributed by atoms with Crippen molar-refractivity contribution in [3.63, 3.8) is 0 Å². The van der Waals surface area contributed by atoms with Gasteiger partial charge in [0.15, 0.2) is 11.3 Å². The van der Waals surface area contributed by atoms with E-state index in [0.717, 1.165) is 10.6 Å². The number of fused-ring (bicyclic) bond motifs is 1. The molecule has 28 heavy (non-hydrogen) atoms. The highest BCUT2D eigenvalue weighted by Gasteiger charge is 2.36. The van der Waals surface area contributed by atoms with E-state index in [9.17, 15) is 18.0 Å². The van der Waals surface area contributed by atoms with Crippen molar-refractivity contribution in [3.8, 4) is 16.6 Å². The topological polar surface area (TPSA) is 74.3 Å². The minimum atomic E-state index is -4.58. The van der Waals surface area contributed by atoms with Gasteiger partial charge in [-0.3, -0.25) is 4.79 Å². The molecule has 1 amide bonds. The molecule has 1 saturated heterocycles. The van der Waals surface area contributed by atoms with Crippen molar-refractivity contribution in [2.75, 3.05) is 13.1 Å². The molecule has 1 aliphatic heterocycles. The lowest BCUT2D eigenvalue weighted by molar-refractivity contribution is -0.142. The van der Waals surface area contributed by atoms with Gasteiger partial charge in [0, 0.05) is 25.1 Å². The number of thiophene rings is 1. The number of nitrogens with zero attached hydrogens (tertiary/aromatic N) is 5. The van der Waals surface area contributed by atoms with Crippen LogP contribution < -0.4 is 0 Å². The number of carbonyl (C=O) groups is 1. The molecular weight excluding hydrogens is 391 g/mol. The molecule has 1 atom stereocenters. The molecule has 0 bridgehead atoms. The van der Waals surface area contributed by atoms with E-state index >= 15 is 0 Å². The highest BCUT2D eigenvalue weighted by atomic mass is 32.1. The number of likely N-dealkylation sites (tertiary alicyclic amines) is 1. The molecule has 3 aromatic heterocycles. The van der Waals surface area contributed by atoms with Gasteiger partial charge in [-0.1, -0.05) is 6.07 Å². The number of hydrogen-bond acceptors (Lipinski definition) is 5. The molecule has 0 saturated carbocycles. The summed E-state index contributed by atoms with van der Waals surface area (Å²) in [5, 5.41) is 14.6. The standard InChI is InChI=1S/C18H14F3N5OS/c19-18(20,21)15-8-13(14-2-1-7-28-14)23-16-9-12(24-26(15)16)11-4-6-25(10-11)17(27)3-5-22/h1-2,7-9,11H,3-4,6,10H2. The third-order valence-electron chi connectivity index (χ3n) is 4.70. The first-order valence-electron chi connectivity index (χ1n) is 8.53. The van der Waals surface area contributed by atoms with Gasteiger partial charge in [0.1, 0.15) is 6.42 Å². The van der Waals surface area contributed by atoms with Crippen LogP contribution in [0.2, 0.25) is 0 Å². The van der Waals surface area contributed by atoms with Crippen LogP contribution in [0.15, 0.2) is 29.6 Å². The Balaban J connectivity index is 1.73. The minimum absolute atomic E-state index is 0.120. The number of carbonyl (C=O) groups excluding carboxylic acids is 1. The molecule has 1 aliphatic rings. The minimum Gasteiger partial charge on any atom is -0.341 e. The Morgan fingerprint density at radius 1 is 1.39 bits per heavy atom. The van der Waals surface area contributed by atoms with Crippen LogP contribution in [0.25, 0.3) is 16.2 Å². The average molecular weight is 405 g/mol. The maximum Gasteiger partial charge on any atom is 0.433 e. The Hall–Kier alpha value is -2.93. The van der Waals surface area contributed by atoms with Crippen LogP contribution in [0.3, 0.4) is 0 Å². The van der Waals surface area contributed by atoms with E-state index in [4.69, 9.17) is 5.26 Å². The van der Waals surface area contributed by atoms with Crippen molar-refractivity contribution in [3.05, 3.63) is 41.0 Å². The van der Waals surface area contributed by atoms with Gasteiger partial charge in [-0.05, 0) is 23.9 Å². The lowest BCUT2D eigenvalue weighted by Crippen LogP contribution is -2.27. The van der Waals surface area contributed by atoms with E-state index in [0.29, 0.717) is 30.1 Å². The van der Waals surface area contributed by atoms with Crippen molar-refractivity contribution in [1.29, 1.82) is 5.26 Å². The molecule has 4 rings (SSSR count). The summed E-state index contributed by atoms with van der Waals surface area (Å²) in [4.78, 5) is 18.4. The summed E-state index contributed by atoms with van der Waals surface area (Å²) < 4.78 is 41.7. The van der Waals surface area contributed by atoms with Crippen LogP contribution in [0, 0.1) is 11.3 Å². The zero-order valence-electron chi connectivity index (χ0n) is 14.5. The second-order valence-electron chi connectivity index (χ2n) is 6.50. The van der Waals surface area contributed by atoms with Crippen molar-refractivity contribution in [2.24, 2.45) is 0 Å². The Morgan fingerprint density at radius 2 is 2.21 bits per heavy atom. The van der Waals surface area contributed by atoms with Gasteiger partial charge in [-0.25, -0.2) is 9.50 Å². The summed E-state index contributed by atoms with van der Waals surface area (Å²) in [6.07, 6.45) is -4.21. The van der Waals surface area contributed by atoms with Gasteiger partial charge in [-0.2, -0.15) is 23.5 Å². The van der Waals surface area contributed by atoms with Crippen LogP contribution >= 0.6 is 11.3 Å². The summed E-state index contributed by atoms with van der Waals surface area (Å²) in [6.45, 7) is 0.794. The summed E-state index contributed by atoms with van der Waals surface area (Å²) in [6, 6.07) is 7.85. The third-order valence-corrected chi connectivity index (χ3v) is 5.59. The van der Waals surface area contributed by atoms with Crippen LogP contribution in [0.1, 0.15) is 30.1 Å². The van der Waals surface area contributed by atoms with Crippen molar-refractivity contribution >= 4 is 22.9 Å². The molecular formula is C18H14F3N5OS. The van der Waals surface area contributed by atoms with Gasteiger partial charge in [0.05, 0.1) is 22.3 Å². The Labute approximate surface area is 161 Å². The Morgan fingerprint density at radius 3 is 2.89 bits per heavy atom. The van der Waals surface area contributed by atoms with Gasteiger partial charge >= 0.3 is 6.18 Å². The normalized spacial score (nSPS) is 17.2. The number of hydrogen-bond donors (Lipinski definition) is 0. The number of aromatic nitrogens is 3. The molecule has 0 aromatic carbocycles. The fourth-order valence-corrected chi connectivity index (χ4v) is 4.04. The summed E-state index contributed by atoms with van der Waals surface area (Å²) >= 11 is 1.31. The fourth-order valence-electron chi connectivity index (χ4n) is 3.35. The fraction of sp³-hybridized carbons (Fsp3) is 0.333. The molecule has 0 N–H and O–H groups in total. The van der Waals surface area contributed by atoms with Gasteiger partial charge in [0.25, 0.3) is 0 Å². The number of alkyl halides is 3. The maximum atomic E-state index is 13.6. The van der Waals surface area contributed by atoms with Crippen molar-refractivity contribution < 1.29 is 18.0 Å². The van der Waals surface area contributed by atoms with E-state index < -0.39 is 11.9 Å². The maximum absolute atomic E-state index is 13.6. The number of halogens is 3. The lowest BCUT2D eigenvalue weighted by atomic mass is 10.1. The van der Waals surface area contributed by atoms with E-state index in [1.807, 2.05) is 6.07 Å². The molecule has 0 radical (unpaired) electrons. The van der Waals surface area contributed by atoms with Crippen LogP contribution in [0.4, 0.5) is 13.2 Å². The average Bonchev–Trinajstić information content (AvgIpc) is 3.38. The number of rotatable bonds is 3. The van der Waals surface area contributed by atoms with E-state index in [2.05, 4.69) is 10.1 Å². The first-order valence-corrected chi connectivity index (χ1v) is 9.41. The number of nitriles is 1. The molecule has 1 fully saturated rings. The van der Waals surface area contributed by atoms with E-state index in [1.54, 1.807) is 28.5 Å². The number of amides is 1. The van der Waals surface area contributed by atoms with Crippen molar-refractivity contribution in [2.45, 2.75) is 24.9 Å². The van der Waals surface area contributed by atoms with Gasteiger partial charge < -0.3 is 4.90 Å². The Kier molecular flexibility index (Phi) is 4.55. The van der Waals surface area contributed by atoms with Crippen LogP contribution in [-0.2, 0) is 11.0 Å². The van der Waals surface area contributed by atoms with E-state index in [1.165, 1.54) is 11.3 Å². The first-order chi connectivity index (χ1) is 13.4. The summed E-state index contributed by atoms with van der Waals surface area (Å²) in [5.74, 6) is -0.460. The second-order valence-corrected chi connectivity index (χ2v) is 7.45.